The molecular formula is C21H14F6N2O2. The second-order valence-electron chi connectivity index (χ2n) is 6.61. The van der Waals surface area contributed by atoms with Gasteiger partial charge in [-0.2, -0.15) is 26.3 Å². The van der Waals surface area contributed by atoms with E-state index in [1.165, 1.54) is 24.3 Å². The number of nitrogens with one attached hydrogen (secondary N) is 1. The third kappa shape index (κ3) is 5.53. The van der Waals surface area contributed by atoms with E-state index in [4.69, 9.17) is 0 Å². The number of pyridine rings is 1. The molecule has 0 spiro atoms. The first-order valence-corrected chi connectivity index (χ1v) is 8.79. The molecule has 10 heteroatoms. The zero-order valence-corrected chi connectivity index (χ0v) is 15.6. The van der Waals surface area contributed by atoms with E-state index < -0.39 is 34.9 Å². The van der Waals surface area contributed by atoms with E-state index in [9.17, 15) is 35.9 Å². The van der Waals surface area contributed by atoms with Crippen molar-refractivity contribution in [3.63, 3.8) is 0 Å². The van der Waals surface area contributed by atoms with Crippen molar-refractivity contribution in [2.45, 2.75) is 18.9 Å². The second kappa shape index (κ2) is 8.29. The summed E-state index contributed by atoms with van der Waals surface area (Å²) in [7, 11) is 0. The maximum absolute atomic E-state index is 12.9. The van der Waals surface area contributed by atoms with Gasteiger partial charge in [0, 0.05) is 18.0 Å². The topological polar surface area (TPSA) is 51.1 Å². The number of amides is 1. The molecule has 0 saturated carbocycles. The molecule has 31 heavy (non-hydrogen) atoms. The third-order valence-corrected chi connectivity index (χ3v) is 4.30. The van der Waals surface area contributed by atoms with Crippen molar-refractivity contribution >= 4 is 11.6 Å². The van der Waals surface area contributed by atoms with Gasteiger partial charge in [0.2, 0.25) is 0 Å². The van der Waals surface area contributed by atoms with Crippen molar-refractivity contribution in [2.24, 2.45) is 0 Å². The first kappa shape index (κ1) is 22.1. The molecule has 2 aromatic carbocycles. The molecule has 0 radical (unpaired) electrons. The molecule has 1 N–H and O–H groups in total. The number of carbonyl (C=O) groups excluding carboxylic acids is 1. The molecule has 0 bridgehead atoms. The predicted octanol–water partition coefficient (Wildman–Crippen LogP) is 5.19. The summed E-state index contributed by atoms with van der Waals surface area (Å²) in [6.45, 7) is -0.229. The Hall–Kier alpha value is -3.56. The summed E-state index contributed by atoms with van der Waals surface area (Å²) in [6.07, 6.45) is -8.00. The number of halogens is 6. The highest BCUT2D eigenvalue weighted by Gasteiger charge is 2.31. The summed E-state index contributed by atoms with van der Waals surface area (Å²) in [5.74, 6) is -0.780. The highest BCUT2D eigenvalue weighted by Crippen LogP contribution is 2.31. The number of rotatable bonds is 4. The number of hydrogen-bond acceptors (Lipinski definition) is 2. The summed E-state index contributed by atoms with van der Waals surface area (Å²) in [5.41, 5.74) is -2.35. The van der Waals surface area contributed by atoms with Gasteiger partial charge in [-0.1, -0.05) is 18.2 Å². The number of aromatic nitrogens is 1. The Labute approximate surface area is 171 Å². The molecule has 0 aliphatic heterocycles. The monoisotopic (exact) mass is 440 g/mol. The van der Waals surface area contributed by atoms with E-state index in [2.05, 4.69) is 5.32 Å². The summed E-state index contributed by atoms with van der Waals surface area (Å²) >= 11 is 0. The number of hydrogen-bond donors (Lipinski definition) is 1. The Morgan fingerprint density at radius 2 is 1.45 bits per heavy atom. The van der Waals surface area contributed by atoms with Gasteiger partial charge in [-0.05, 0) is 42.0 Å². The van der Waals surface area contributed by atoms with Crippen LogP contribution in [0.5, 0.6) is 0 Å². The van der Waals surface area contributed by atoms with Crippen molar-refractivity contribution in [3.05, 3.63) is 99.5 Å². The van der Waals surface area contributed by atoms with Gasteiger partial charge in [-0.15, -0.1) is 0 Å². The quantitative estimate of drug-likeness (QED) is 0.568. The van der Waals surface area contributed by atoms with Crippen molar-refractivity contribution < 1.29 is 31.1 Å². The second-order valence-corrected chi connectivity index (χ2v) is 6.61. The minimum Gasteiger partial charge on any atom is -0.322 e. The highest BCUT2D eigenvalue weighted by atomic mass is 19.4. The maximum Gasteiger partial charge on any atom is 0.416 e. The van der Waals surface area contributed by atoms with Gasteiger partial charge in [-0.3, -0.25) is 9.59 Å². The van der Waals surface area contributed by atoms with Crippen LogP contribution in [-0.4, -0.2) is 10.5 Å². The van der Waals surface area contributed by atoms with Crippen molar-refractivity contribution in [1.82, 2.24) is 4.57 Å². The molecule has 0 saturated heterocycles. The predicted molar refractivity (Wildman–Crippen MR) is 101 cm³/mol. The molecule has 1 heterocycles. The lowest BCUT2D eigenvalue weighted by Crippen LogP contribution is -2.23. The fraction of sp³-hybridized carbons (Fsp3) is 0.143. The molecule has 4 nitrogen and oxygen atoms in total. The van der Waals surface area contributed by atoms with Crippen molar-refractivity contribution in [2.75, 3.05) is 5.32 Å². The zero-order chi connectivity index (χ0) is 22.8. The minimum absolute atomic E-state index is 0.0519. The minimum atomic E-state index is -4.58. The van der Waals surface area contributed by atoms with Gasteiger partial charge >= 0.3 is 12.4 Å². The molecule has 0 aliphatic rings. The first-order chi connectivity index (χ1) is 14.4. The first-order valence-electron chi connectivity index (χ1n) is 8.79. The smallest absolute Gasteiger partial charge is 0.322 e. The standard InChI is InChI=1S/C21H14F6N2O2/c22-20(23,24)15-4-1-3-13(9-15)11-29-12-14(7-8-18(29)30)19(31)28-17-6-2-5-16(10-17)21(25,26)27/h1-10,12H,11H2,(H,28,31). The van der Waals surface area contributed by atoms with Crippen LogP contribution in [0.4, 0.5) is 32.0 Å². The van der Waals surface area contributed by atoms with Crippen LogP contribution < -0.4 is 10.9 Å². The average molecular weight is 440 g/mol. The Kier molecular flexibility index (Phi) is 5.92. The van der Waals surface area contributed by atoms with E-state index in [0.717, 1.165) is 47.2 Å². The largest absolute Gasteiger partial charge is 0.416 e. The summed E-state index contributed by atoms with van der Waals surface area (Å²) in [4.78, 5) is 24.5. The SMILES string of the molecule is O=C(Nc1cccc(C(F)(F)F)c1)c1ccc(=O)n(Cc2cccc(C(F)(F)F)c2)c1. The lowest BCUT2D eigenvalue weighted by molar-refractivity contribution is -0.138. The Balaban J connectivity index is 1.83. The molecule has 0 unspecified atom stereocenters. The normalized spacial score (nSPS) is 11.9. The Morgan fingerprint density at radius 1 is 0.839 bits per heavy atom. The summed E-state index contributed by atoms with van der Waals surface area (Å²) in [6, 6.07) is 10.6. The Bertz CT molecular complexity index is 1170. The van der Waals surface area contributed by atoms with Crippen LogP contribution in [0.15, 0.2) is 71.7 Å². The van der Waals surface area contributed by atoms with Gasteiger partial charge < -0.3 is 9.88 Å². The van der Waals surface area contributed by atoms with Gasteiger partial charge in [0.05, 0.1) is 23.2 Å². The van der Waals surface area contributed by atoms with E-state index in [1.54, 1.807) is 0 Å². The van der Waals surface area contributed by atoms with E-state index in [1.807, 2.05) is 0 Å². The number of carbonyl (C=O) groups is 1. The maximum atomic E-state index is 12.9. The molecular weight excluding hydrogens is 426 g/mol. The van der Waals surface area contributed by atoms with Gasteiger partial charge in [0.25, 0.3) is 11.5 Å². The van der Waals surface area contributed by atoms with Gasteiger partial charge in [0.15, 0.2) is 0 Å². The van der Waals surface area contributed by atoms with E-state index in [-0.39, 0.29) is 23.4 Å². The van der Waals surface area contributed by atoms with Crippen LogP contribution in [0, 0.1) is 0 Å². The lowest BCUT2D eigenvalue weighted by atomic mass is 10.1. The third-order valence-electron chi connectivity index (χ3n) is 4.30. The van der Waals surface area contributed by atoms with E-state index >= 15 is 0 Å². The lowest BCUT2D eigenvalue weighted by Gasteiger charge is -2.12. The molecule has 1 amide bonds. The number of anilines is 1. The van der Waals surface area contributed by atoms with Crippen LogP contribution in [0.1, 0.15) is 27.0 Å². The van der Waals surface area contributed by atoms with Crippen LogP contribution in [0.25, 0.3) is 0 Å². The van der Waals surface area contributed by atoms with Crippen LogP contribution in [-0.2, 0) is 18.9 Å². The van der Waals surface area contributed by atoms with Crippen molar-refractivity contribution in [3.8, 4) is 0 Å². The van der Waals surface area contributed by atoms with Crippen LogP contribution >= 0.6 is 0 Å². The van der Waals surface area contributed by atoms with Crippen molar-refractivity contribution in [1.29, 1.82) is 0 Å². The number of benzene rings is 2. The molecule has 0 aliphatic carbocycles. The number of alkyl halides is 6. The van der Waals surface area contributed by atoms with Crippen LogP contribution in [0.3, 0.4) is 0 Å². The average Bonchev–Trinajstić information content (AvgIpc) is 2.69. The molecule has 3 rings (SSSR count). The highest BCUT2D eigenvalue weighted by molar-refractivity contribution is 6.04. The Morgan fingerprint density at radius 3 is 2.10 bits per heavy atom. The van der Waals surface area contributed by atoms with Gasteiger partial charge in [0.1, 0.15) is 0 Å². The summed E-state index contributed by atoms with van der Waals surface area (Å²) in [5, 5.41) is 2.31. The van der Waals surface area contributed by atoms with E-state index in [0.29, 0.717) is 0 Å². The zero-order valence-electron chi connectivity index (χ0n) is 15.6. The number of nitrogens with zero attached hydrogens (tertiary/aromatic N) is 1. The molecule has 3 aromatic rings. The molecule has 162 valence electrons. The summed E-state index contributed by atoms with van der Waals surface area (Å²) < 4.78 is 78.1. The fourth-order valence-corrected chi connectivity index (χ4v) is 2.81. The fourth-order valence-electron chi connectivity index (χ4n) is 2.81. The molecule has 1 aromatic heterocycles. The van der Waals surface area contributed by atoms with Gasteiger partial charge in [-0.25, -0.2) is 0 Å². The molecule has 0 atom stereocenters. The molecule has 0 fully saturated rings. The van der Waals surface area contributed by atoms with Crippen LogP contribution in [0.2, 0.25) is 0 Å².